The van der Waals surface area contributed by atoms with Gasteiger partial charge < -0.3 is 9.13 Å². The third-order valence-corrected chi connectivity index (χ3v) is 7.58. The van der Waals surface area contributed by atoms with Crippen molar-refractivity contribution in [3.63, 3.8) is 0 Å². The summed E-state index contributed by atoms with van der Waals surface area (Å²) < 4.78 is 4.46. The van der Waals surface area contributed by atoms with Crippen molar-refractivity contribution in [3.05, 3.63) is 72.1 Å². The maximum absolute atomic E-state index is 13.1. The number of carbonyl (C=O) groups excluding carboxylic acids is 2. The Labute approximate surface area is 191 Å². The van der Waals surface area contributed by atoms with Crippen molar-refractivity contribution in [1.29, 1.82) is 0 Å². The predicted octanol–water partition coefficient (Wildman–Crippen LogP) is 4.94. The molecule has 0 saturated heterocycles. The van der Waals surface area contributed by atoms with Crippen molar-refractivity contribution >= 4 is 56.5 Å². The summed E-state index contributed by atoms with van der Waals surface area (Å²) in [5.41, 5.74) is 4.83. The third kappa shape index (κ3) is 3.01. The van der Waals surface area contributed by atoms with Gasteiger partial charge in [-0.3, -0.25) is 14.9 Å². The number of aryl methyl sites for hydroxylation is 2. The van der Waals surface area contributed by atoms with E-state index in [1.165, 1.54) is 0 Å². The number of benzene rings is 2. The molecule has 0 radical (unpaired) electrons. The maximum Gasteiger partial charge on any atom is 0.259 e. The largest absolute Gasteiger partial charge is 0.347 e. The summed E-state index contributed by atoms with van der Waals surface area (Å²) in [5.74, 6) is 1.58. The number of amides is 2. The molecule has 2 aliphatic rings. The lowest BCUT2D eigenvalue weighted by molar-refractivity contribution is -0.122. The van der Waals surface area contributed by atoms with Gasteiger partial charge in [0.25, 0.3) is 11.8 Å². The van der Waals surface area contributed by atoms with E-state index < -0.39 is 0 Å². The highest BCUT2D eigenvalue weighted by molar-refractivity contribution is 7.99. The van der Waals surface area contributed by atoms with Crippen molar-refractivity contribution in [1.82, 2.24) is 14.5 Å². The average molecular weight is 444 g/mol. The number of hydrogen-bond acceptors (Lipinski definition) is 3. The number of fused-ring (bicyclic) bond motifs is 12. The predicted molar refractivity (Wildman–Crippen MR) is 133 cm³/mol. The molecule has 4 heterocycles. The van der Waals surface area contributed by atoms with Crippen LogP contribution in [-0.2, 0) is 22.7 Å². The second-order valence-corrected chi connectivity index (χ2v) is 9.58. The second kappa shape index (κ2) is 7.71. The van der Waals surface area contributed by atoms with Crippen LogP contribution in [0.15, 0.2) is 60.9 Å². The van der Waals surface area contributed by atoms with Gasteiger partial charge in [0.05, 0.1) is 11.1 Å². The number of imide groups is 1. The summed E-state index contributed by atoms with van der Waals surface area (Å²) in [5, 5.41) is 4.59. The van der Waals surface area contributed by atoms with Gasteiger partial charge in [0.2, 0.25) is 0 Å². The number of hydrogen-bond donors (Lipinski definition) is 1. The Bertz CT molecular complexity index is 1330. The first-order chi connectivity index (χ1) is 15.7. The fourth-order valence-corrected chi connectivity index (χ4v) is 5.88. The first-order valence-electron chi connectivity index (χ1n) is 11.1. The summed E-state index contributed by atoms with van der Waals surface area (Å²) in [6.07, 6.45) is 6.25. The van der Waals surface area contributed by atoms with Gasteiger partial charge in [-0.05, 0) is 36.5 Å². The molecule has 6 heteroatoms. The molecule has 5 nitrogen and oxygen atoms in total. The topological polar surface area (TPSA) is 56.0 Å². The molecule has 0 fully saturated rings. The molecule has 4 bridgehead atoms. The van der Waals surface area contributed by atoms with Crippen LogP contribution in [0.25, 0.3) is 33.0 Å². The normalized spacial score (nSPS) is 17.4. The number of carbonyl (C=O) groups is 2. The lowest BCUT2D eigenvalue weighted by atomic mass is 9.95. The third-order valence-electron chi connectivity index (χ3n) is 6.42. The van der Waals surface area contributed by atoms with Gasteiger partial charge in [-0.2, -0.15) is 11.8 Å². The van der Waals surface area contributed by atoms with E-state index in [0.717, 1.165) is 70.4 Å². The van der Waals surface area contributed by atoms with Gasteiger partial charge in [0.15, 0.2) is 0 Å². The highest BCUT2D eigenvalue weighted by atomic mass is 32.2. The molecule has 2 aliphatic heterocycles. The zero-order valence-corrected chi connectivity index (χ0v) is 18.5. The smallest absolute Gasteiger partial charge is 0.259 e. The molecule has 2 amide bonds. The van der Waals surface area contributed by atoms with Crippen LogP contribution in [0.2, 0.25) is 0 Å². The maximum atomic E-state index is 13.1. The molecule has 32 heavy (non-hydrogen) atoms. The van der Waals surface area contributed by atoms with E-state index in [4.69, 9.17) is 0 Å². The number of para-hydroxylation sites is 2. The quantitative estimate of drug-likeness (QED) is 0.392. The molecular formula is C26H25N3O2S. The van der Waals surface area contributed by atoms with E-state index in [-0.39, 0.29) is 13.2 Å². The van der Waals surface area contributed by atoms with Gasteiger partial charge in [-0.15, -0.1) is 0 Å². The summed E-state index contributed by atoms with van der Waals surface area (Å²) in [7, 11) is 0. The van der Waals surface area contributed by atoms with Crippen LogP contribution in [-0.4, -0.2) is 32.5 Å². The molecule has 0 spiro atoms. The summed E-state index contributed by atoms with van der Waals surface area (Å²) in [6, 6.07) is 16.3. The second-order valence-electron chi connectivity index (χ2n) is 8.36. The van der Waals surface area contributed by atoms with Crippen LogP contribution in [0, 0.1) is 0 Å². The Morgan fingerprint density at radius 2 is 1.19 bits per heavy atom. The summed E-state index contributed by atoms with van der Waals surface area (Å²) in [6.45, 7) is 1.78. The Kier molecular flexibility index (Phi) is 4.68. The number of thioether (sulfide) groups is 1. The zero-order chi connectivity index (χ0) is 21.7. The van der Waals surface area contributed by atoms with Crippen molar-refractivity contribution in [2.75, 3.05) is 11.5 Å². The Balaban J connectivity index is 0.00000228. The Hall–Kier alpha value is -3.25. The van der Waals surface area contributed by atoms with E-state index in [1.54, 1.807) is 0 Å². The molecule has 162 valence electrons. The molecule has 0 aliphatic carbocycles. The van der Waals surface area contributed by atoms with E-state index >= 15 is 0 Å². The number of aromatic nitrogens is 2. The van der Waals surface area contributed by atoms with Crippen LogP contribution in [0.1, 0.15) is 25.4 Å². The number of nitrogens with zero attached hydrogens (tertiary/aromatic N) is 2. The highest BCUT2D eigenvalue weighted by Crippen LogP contribution is 2.39. The summed E-state index contributed by atoms with van der Waals surface area (Å²) in [4.78, 5) is 26.2. The number of nitrogens with one attached hydrogen (secondary N) is 1. The van der Waals surface area contributed by atoms with E-state index in [2.05, 4.69) is 39.0 Å². The molecular weight excluding hydrogens is 418 g/mol. The van der Waals surface area contributed by atoms with E-state index in [1.807, 2.05) is 48.2 Å². The van der Waals surface area contributed by atoms with Gasteiger partial charge in [0, 0.05) is 59.8 Å². The van der Waals surface area contributed by atoms with Crippen molar-refractivity contribution < 1.29 is 11.0 Å². The molecule has 4 aromatic rings. The molecule has 1 N–H and O–H groups in total. The molecule has 0 saturated carbocycles. The van der Waals surface area contributed by atoms with Crippen LogP contribution in [0.3, 0.4) is 0 Å². The Morgan fingerprint density at radius 3 is 1.69 bits per heavy atom. The number of rotatable bonds is 0. The fourth-order valence-electron chi connectivity index (χ4n) is 5.01. The zero-order valence-electron chi connectivity index (χ0n) is 17.6. The first-order valence-corrected chi connectivity index (χ1v) is 12.2. The fraction of sp³-hybridized carbons (Fsp3) is 0.231. The summed E-state index contributed by atoms with van der Waals surface area (Å²) >= 11 is 1.99. The lowest BCUT2D eigenvalue weighted by Gasteiger charge is -2.07. The minimum atomic E-state index is -0.315. The minimum Gasteiger partial charge on any atom is -0.347 e. The molecule has 2 aromatic heterocycles. The van der Waals surface area contributed by atoms with Gasteiger partial charge in [0.1, 0.15) is 0 Å². The van der Waals surface area contributed by atoms with Gasteiger partial charge >= 0.3 is 0 Å². The molecule has 2 aromatic carbocycles. The van der Waals surface area contributed by atoms with E-state index in [0.29, 0.717) is 11.1 Å². The van der Waals surface area contributed by atoms with Crippen LogP contribution in [0.4, 0.5) is 0 Å². The molecule has 0 unspecified atom stereocenters. The SMILES string of the molecule is O=C1NC(=O)C2=C1c1cn(c3ccccc13)CCCSCCCn1cc2c2ccccc21.[HH]. The minimum absolute atomic E-state index is 0. The first kappa shape index (κ1) is 19.4. The van der Waals surface area contributed by atoms with Crippen molar-refractivity contribution in [2.45, 2.75) is 25.9 Å². The van der Waals surface area contributed by atoms with Crippen LogP contribution in [0.5, 0.6) is 0 Å². The lowest BCUT2D eigenvalue weighted by Crippen LogP contribution is -2.22. The van der Waals surface area contributed by atoms with Crippen LogP contribution < -0.4 is 5.32 Å². The highest BCUT2D eigenvalue weighted by Gasteiger charge is 2.35. The van der Waals surface area contributed by atoms with Crippen molar-refractivity contribution in [2.24, 2.45) is 0 Å². The van der Waals surface area contributed by atoms with Gasteiger partial charge in [-0.1, -0.05) is 36.4 Å². The van der Waals surface area contributed by atoms with Crippen LogP contribution >= 0.6 is 11.8 Å². The van der Waals surface area contributed by atoms with E-state index in [9.17, 15) is 9.59 Å². The average Bonchev–Trinajstić information content (AvgIpc) is 3.43. The van der Waals surface area contributed by atoms with Crippen molar-refractivity contribution in [3.8, 4) is 0 Å². The molecule has 6 rings (SSSR count). The monoisotopic (exact) mass is 443 g/mol. The molecule has 0 atom stereocenters. The Morgan fingerprint density at radius 1 is 0.719 bits per heavy atom. The standard InChI is InChI=1S/C26H23N3O2S.H2/c30-25-23-19-15-28(21-9-3-1-7-17(19)21)11-5-13-32-14-6-12-29-16-20(24(23)26(31)27-25)18-8-2-4-10-22(18)29;/h1-4,7-10,15-16H,5-6,11-14H2,(H,27,30,31);1H. The van der Waals surface area contributed by atoms with Gasteiger partial charge in [-0.25, -0.2) is 0 Å².